The highest BCUT2D eigenvalue weighted by Gasteiger charge is 2.20. The molecule has 0 saturated heterocycles. The van der Waals surface area contributed by atoms with Gasteiger partial charge in [-0.3, -0.25) is 4.79 Å². The van der Waals surface area contributed by atoms with Gasteiger partial charge in [0.25, 0.3) is 0 Å². The lowest BCUT2D eigenvalue weighted by Gasteiger charge is -2.14. The van der Waals surface area contributed by atoms with Crippen molar-refractivity contribution in [3.05, 3.63) is 46.2 Å². The fourth-order valence-electron chi connectivity index (χ4n) is 1.50. The molecule has 18 heavy (non-hydrogen) atoms. The third kappa shape index (κ3) is 2.84. The fourth-order valence-corrected chi connectivity index (χ4v) is 2.36. The van der Waals surface area contributed by atoms with Crippen LogP contribution in [0.3, 0.4) is 0 Å². The molecule has 0 saturated carbocycles. The van der Waals surface area contributed by atoms with E-state index < -0.39 is 11.9 Å². The Morgan fingerprint density at radius 2 is 2.33 bits per heavy atom. The van der Waals surface area contributed by atoms with Crippen LogP contribution in [0.1, 0.15) is 16.7 Å². The Balaban J connectivity index is 2.24. The van der Waals surface area contributed by atoms with Gasteiger partial charge < -0.3 is 11.1 Å². The van der Waals surface area contributed by atoms with Crippen LogP contribution in [-0.2, 0) is 4.79 Å². The van der Waals surface area contributed by atoms with Crippen molar-refractivity contribution < 1.29 is 9.18 Å². The van der Waals surface area contributed by atoms with Crippen LogP contribution in [0.25, 0.3) is 0 Å². The van der Waals surface area contributed by atoms with Gasteiger partial charge >= 0.3 is 0 Å². The summed E-state index contributed by atoms with van der Waals surface area (Å²) in [6, 6.07) is 5.11. The predicted octanol–water partition coefficient (Wildman–Crippen LogP) is 2.23. The summed E-state index contributed by atoms with van der Waals surface area (Å²) in [5, 5.41) is 5.29. The summed E-state index contributed by atoms with van der Waals surface area (Å²) in [7, 11) is 0. The number of primary amides is 1. The van der Waals surface area contributed by atoms with E-state index in [9.17, 15) is 9.18 Å². The van der Waals surface area contributed by atoms with E-state index in [0.717, 1.165) is 5.69 Å². The van der Waals surface area contributed by atoms with E-state index in [0.29, 0.717) is 10.7 Å². The van der Waals surface area contributed by atoms with Crippen LogP contribution in [-0.4, -0.2) is 10.9 Å². The van der Waals surface area contributed by atoms with Crippen molar-refractivity contribution in [1.29, 1.82) is 0 Å². The molecule has 0 aliphatic rings. The van der Waals surface area contributed by atoms with Gasteiger partial charge in [0.1, 0.15) is 10.8 Å². The van der Waals surface area contributed by atoms with E-state index in [2.05, 4.69) is 10.3 Å². The first kappa shape index (κ1) is 12.5. The second-order valence-electron chi connectivity index (χ2n) is 3.82. The van der Waals surface area contributed by atoms with Crippen molar-refractivity contribution >= 4 is 22.9 Å². The first-order valence-corrected chi connectivity index (χ1v) is 6.17. The Kier molecular flexibility index (Phi) is 3.57. The van der Waals surface area contributed by atoms with E-state index in [1.54, 1.807) is 12.1 Å². The summed E-state index contributed by atoms with van der Waals surface area (Å²) in [6.45, 7) is 1.83. The molecule has 94 valence electrons. The van der Waals surface area contributed by atoms with E-state index in [-0.39, 0.29) is 5.82 Å². The highest BCUT2D eigenvalue weighted by Crippen LogP contribution is 2.22. The number of hydrogen-bond acceptors (Lipinski definition) is 4. The lowest BCUT2D eigenvalue weighted by Crippen LogP contribution is -2.27. The van der Waals surface area contributed by atoms with Crippen LogP contribution < -0.4 is 11.1 Å². The average Bonchev–Trinajstić information content (AvgIpc) is 2.72. The number of halogens is 1. The Labute approximate surface area is 108 Å². The minimum absolute atomic E-state index is 0.376. The molecule has 4 nitrogen and oxygen atoms in total. The molecule has 0 aliphatic heterocycles. The summed E-state index contributed by atoms with van der Waals surface area (Å²) >= 11 is 1.34. The molecular formula is C12H12FN3OS. The molecule has 1 heterocycles. The van der Waals surface area contributed by atoms with Crippen LogP contribution in [0.4, 0.5) is 10.1 Å². The Hall–Kier alpha value is -1.95. The number of aryl methyl sites for hydroxylation is 1. The van der Waals surface area contributed by atoms with Crippen LogP contribution in [0.2, 0.25) is 0 Å². The number of carbonyl (C=O) groups excluding carboxylic acids is 1. The first-order chi connectivity index (χ1) is 8.56. The lowest BCUT2D eigenvalue weighted by atomic mass is 10.2. The topological polar surface area (TPSA) is 68.0 Å². The summed E-state index contributed by atoms with van der Waals surface area (Å²) in [4.78, 5) is 15.6. The van der Waals surface area contributed by atoms with Gasteiger partial charge in [0, 0.05) is 16.8 Å². The maximum Gasteiger partial charge on any atom is 0.247 e. The molecule has 3 N–H and O–H groups in total. The number of thiazole rings is 1. The zero-order chi connectivity index (χ0) is 13.1. The smallest absolute Gasteiger partial charge is 0.247 e. The molecule has 1 unspecified atom stereocenters. The minimum atomic E-state index is -0.745. The van der Waals surface area contributed by atoms with Crippen LogP contribution in [0, 0.1) is 12.7 Å². The number of nitrogens with one attached hydrogen (secondary N) is 1. The number of carbonyl (C=O) groups is 1. The Morgan fingerprint density at radius 3 is 2.89 bits per heavy atom. The molecule has 0 bridgehead atoms. The second-order valence-corrected chi connectivity index (χ2v) is 4.71. The Morgan fingerprint density at radius 1 is 1.56 bits per heavy atom. The molecule has 6 heteroatoms. The highest BCUT2D eigenvalue weighted by molar-refractivity contribution is 7.09. The van der Waals surface area contributed by atoms with Gasteiger partial charge in [-0.25, -0.2) is 9.37 Å². The maximum atomic E-state index is 13.1. The predicted molar refractivity (Wildman–Crippen MR) is 68.8 cm³/mol. The van der Waals surface area contributed by atoms with Crippen molar-refractivity contribution in [2.75, 3.05) is 5.32 Å². The van der Waals surface area contributed by atoms with Gasteiger partial charge in [-0.15, -0.1) is 11.3 Å². The number of nitrogens with two attached hydrogens (primary N) is 1. The summed E-state index contributed by atoms with van der Waals surface area (Å²) in [5.41, 5.74) is 6.65. The SMILES string of the molecule is Cc1csc(C(Nc2cccc(F)c2)C(N)=O)n1. The van der Waals surface area contributed by atoms with Gasteiger partial charge in [-0.1, -0.05) is 6.07 Å². The first-order valence-electron chi connectivity index (χ1n) is 5.29. The standard InChI is InChI=1S/C12H12FN3OS/c1-7-6-18-12(15-7)10(11(14)17)16-9-4-2-3-8(13)5-9/h2-6,10,16H,1H3,(H2,14,17). The third-order valence-corrected chi connectivity index (χ3v) is 3.33. The maximum absolute atomic E-state index is 13.1. The summed E-state index contributed by atoms with van der Waals surface area (Å²) in [5.74, 6) is -0.924. The number of rotatable bonds is 4. The number of amides is 1. The van der Waals surface area contributed by atoms with Gasteiger partial charge in [0.2, 0.25) is 5.91 Å². The van der Waals surface area contributed by atoms with Gasteiger partial charge in [0.05, 0.1) is 0 Å². The van der Waals surface area contributed by atoms with Gasteiger partial charge in [-0.2, -0.15) is 0 Å². The Bertz CT molecular complexity index is 570. The lowest BCUT2D eigenvalue weighted by molar-refractivity contribution is -0.118. The van der Waals surface area contributed by atoms with Crippen LogP contribution >= 0.6 is 11.3 Å². The van der Waals surface area contributed by atoms with Crippen molar-refractivity contribution in [2.24, 2.45) is 5.73 Å². The molecule has 0 aliphatic carbocycles. The highest BCUT2D eigenvalue weighted by atomic mass is 32.1. The molecule has 2 rings (SSSR count). The molecule has 0 fully saturated rings. The minimum Gasteiger partial charge on any atom is -0.368 e. The largest absolute Gasteiger partial charge is 0.368 e. The molecule has 2 aromatic rings. The molecule has 1 atom stereocenters. The number of aromatic nitrogens is 1. The number of benzene rings is 1. The molecule has 0 spiro atoms. The van der Waals surface area contributed by atoms with E-state index in [4.69, 9.17) is 5.73 Å². The van der Waals surface area contributed by atoms with E-state index >= 15 is 0 Å². The molecule has 1 aromatic heterocycles. The molecular weight excluding hydrogens is 253 g/mol. The number of hydrogen-bond donors (Lipinski definition) is 2. The van der Waals surface area contributed by atoms with Crippen molar-refractivity contribution in [3.63, 3.8) is 0 Å². The number of anilines is 1. The number of nitrogens with zero attached hydrogens (tertiary/aromatic N) is 1. The summed E-state index contributed by atoms with van der Waals surface area (Å²) < 4.78 is 13.1. The summed E-state index contributed by atoms with van der Waals surface area (Å²) in [6.07, 6.45) is 0. The molecule has 1 amide bonds. The van der Waals surface area contributed by atoms with E-state index in [1.165, 1.54) is 23.5 Å². The van der Waals surface area contributed by atoms with Crippen LogP contribution in [0.5, 0.6) is 0 Å². The quantitative estimate of drug-likeness (QED) is 0.890. The second kappa shape index (κ2) is 5.14. The fraction of sp³-hybridized carbons (Fsp3) is 0.167. The average molecular weight is 265 g/mol. The van der Waals surface area contributed by atoms with Crippen LogP contribution in [0.15, 0.2) is 29.6 Å². The molecule has 0 radical (unpaired) electrons. The van der Waals surface area contributed by atoms with Crippen molar-refractivity contribution in [2.45, 2.75) is 13.0 Å². The van der Waals surface area contributed by atoms with E-state index in [1.807, 2.05) is 12.3 Å². The monoisotopic (exact) mass is 265 g/mol. The van der Waals surface area contributed by atoms with Gasteiger partial charge in [-0.05, 0) is 25.1 Å². The molecule has 1 aromatic carbocycles. The van der Waals surface area contributed by atoms with Crippen molar-refractivity contribution in [3.8, 4) is 0 Å². The third-order valence-electron chi connectivity index (χ3n) is 2.30. The zero-order valence-electron chi connectivity index (χ0n) is 9.68. The normalized spacial score (nSPS) is 12.1. The van der Waals surface area contributed by atoms with Crippen molar-refractivity contribution in [1.82, 2.24) is 4.98 Å². The zero-order valence-corrected chi connectivity index (χ0v) is 10.5. The van der Waals surface area contributed by atoms with Gasteiger partial charge in [0.15, 0.2) is 6.04 Å².